The van der Waals surface area contributed by atoms with Crippen LogP contribution in [0, 0.1) is 0 Å². The number of esters is 1. The zero-order valence-electron chi connectivity index (χ0n) is 12.7. The molecule has 0 radical (unpaired) electrons. The van der Waals surface area contributed by atoms with E-state index in [1.165, 1.54) is 4.68 Å². The smallest absolute Gasteiger partial charge is 0.331 e. The summed E-state index contributed by atoms with van der Waals surface area (Å²) in [4.78, 5) is 26.4. The van der Waals surface area contributed by atoms with Crippen molar-refractivity contribution < 1.29 is 9.53 Å². The van der Waals surface area contributed by atoms with Crippen LogP contribution in [0.15, 0.2) is 17.1 Å². The van der Waals surface area contributed by atoms with Gasteiger partial charge < -0.3 is 9.64 Å². The first-order valence-corrected chi connectivity index (χ1v) is 7.67. The Labute approximate surface area is 124 Å². The second-order valence-corrected chi connectivity index (χ2v) is 5.25. The van der Waals surface area contributed by atoms with Crippen molar-refractivity contribution in [2.45, 2.75) is 45.6 Å². The first-order valence-electron chi connectivity index (χ1n) is 7.67. The molecule has 0 amide bonds. The molecule has 0 aromatic carbocycles. The number of hydrogen-bond donors (Lipinski definition) is 0. The first kappa shape index (κ1) is 15.5. The molecule has 1 aromatic rings. The van der Waals surface area contributed by atoms with E-state index in [4.69, 9.17) is 4.74 Å². The van der Waals surface area contributed by atoms with Crippen molar-refractivity contribution in [3.05, 3.63) is 22.6 Å². The minimum Gasteiger partial charge on any atom is -0.464 e. The van der Waals surface area contributed by atoms with Crippen LogP contribution in [0.1, 0.15) is 45.6 Å². The molecule has 116 valence electrons. The van der Waals surface area contributed by atoms with Gasteiger partial charge in [0.15, 0.2) is 6.04 Å². The predicted octanol–water partition coefficient (Wildman–Crippen LogP) is 1.75. The number of nitrogens with zero attached hydrogens (tertiary/aromatic N) is 3. The highest BCUT2D eigenvalue weighted by Crippen LogP contribution is 2.18. The number of carbonyl (C=O) groups excluding carboxylic acids is 1. The third-order valence-corrected chi connectivity index (χ3v) is 3.70. The first-order chi connectivity index (χ1) is 10.2. The molecule has 2 rings (SSSR count). The SMILES string of the molecule is CCC[C@H](C(=O)OCC)n1ncc(N2CCCC2)cc1=O. The van der Waals surface area contributed by atoms with Gasteiger partial charge in [-0.1, -0.05) is 13.3 Å². The van der Waals surface area contributed by atoms with Gasteiger partial charge in [-0.2, -0.15) is 5.10 Å². The molecule has 21 heavy (non-hydrogen) atoms. The largest absolute Gasteiger partial charge is 0.464 e. The third-order valence-electron chi connectivity index (χ3n) is 3.70. The molecule has 0 unspecified atom stereocenters. The van der Waals surface area contributed by atoms with Crippen LogP contribution in [-0.4, -0.2) is 35.4 Å². The summed E-state index contributed by atoms with van der Waals surface area (Å²) in [5.41, 5.74) is 0.596. The molecule has 6 nitrogen and oxygen atoms in total. The van der Waals surface area contributed by atoms with Crippen LogP contribution >= 0.6 is 0 Å². The summed E-state index contributed by atoms with van der Waals surface area (Å²) in [7, 11) is 0. The number of rotatable bonds is 6. The standard InChI is InChI=1S/C15H23N3O3/c1-3-7-13(15(20)21-4-2)18-14(19)10-12(11-16-18)17-8-5-6-9-17/h10-11,13H,3-9H2,1-2H3/t13-/m1/s1. The zero-order valence-corrected chi connectivity index (χ0v) is 12.7. The van der Waals surface area contributed by atoms with Crippen LogP contribution in [0.2, 0.25) is 0 Å². The van der Waals surface area contributed by atoms with Crippen molar-refractivity contribution >= 4 is 11.7 Å². The van der Waals surface area contributed by atoms with E-state index in [1.807, 2.05) is 6.92 Å². The lowest BCUT2D eigenvalue weighted by Crippen LogP contribution is -2.33. The number of hydrogen-bond acceptors (Lipinski definition) is 5. The second-order valence-electron chi connectivity index (χ2n) is 5.25. The molecular weight excluding hydrogens is 270 g/mol. The Kier molecular flexibility index (Phi) is 5.36. The van der Waals surface area contributed by atoms with Gasteiger partial charge >= 0.3 is 5.97 Å². The molecule has 1 aliphatic rings. The molecule has 0 aliphatic carbocycles. The average molecular weight is 293 g/mol. The van der Waals surface area contributed by atoms with Gasteiger partial charge in [-0.25, -0.2) is 9.48 Å². The normalized spacial score (nSPS) is 16.0. The molecule has 1 atom stereocenters. The van der Waals surface area contributed by atoms with Gasteiger partial charge in [0.05, 0.1) is 18.5 Å². The lowest BCUT2D eigenvalue weighted by molar-refractivity contribution is -0.147. The summed E-state index contributed by atoms with van der Waals surface area (Å²) in [6.45, 7) is 5.95. The fourth-order valence-corrected chi connectivity index (χ4v) is 2.64. The Morgan fingerprint density at radius 2 is 2.10 bits per heavy atom. The highest BCUT2D eigenvalue weighted by Gasteiger charge is 2.24. The van der Waals surface area contributed by atoms with Crippen molar-refractivity contribution in [3.8, 4) is 0 Å². The van der Waals surface area contributed by atoms with Crippen molar-refractivity contribution in [1.29, 1.82) is 0 Å². The number of carbonyl (C=O) groups is 1. The van der Waals surface area contributed by atoms with E-state index in [1.54, 1.807) is 19.2 Å². The van der Waals surface area contributed by atoms with E-state index in [9.17, 15) is 9.59 Å². The number of ether oxygens (including phenoxy) is 1. The van der Waals surface area contributed by atoms with Crippen LogP contribution in [0.3, 0.4) is 0 Å². The van der Waals surface area contributed by atoms with Crippen molar-refractivity contribution in [2.75, 3.05) is 24.6 Å². The summed E-state index contributed by atoms with van der Waals surface area (Å²) in [6.07, 6.45) is 5.30. The molecule has 0 N–H and O–H groups in total. The Bertz CT molecular complexity index is 535. The van der Waals surface area contributed by atoms with Crippen molar-refractivity contribution in [2.24, 2.45) is 0 Å². The van der Waals surface area contributed by atoms with Gasteiger partial charge in [0.2, 0.25) is 0 Å². The quantitative estimate of drug-likeness (QED) is 0.748. The number of anilines is 1. The van der Waals surface area contributed by atoms with Gasteiger partial charge in [-0.05, 0) is 26.2 Å². The summed E-state index contributed by atoms with van der Waals surface area (Å²) in [5, 5.41) is 4.21. The maximum Gasteiger partial charge on any atom is 0.331 e. The molecule has 1 fully saturated rings. The Balaban J connectivity index is 2.24. The fourth-order valence-electron chi connectivity index (χ4n) is 2.64. The maximum absolute atomic E-state index is 12.3. The lowest BCUT2D eigenvalue weighted by atomic mass is 10.1. The van der Waals surface area contributed by atoms with Crippen LogP contribution in [0.4, 0.5) is 5.69 Å². The average Bonchev–Trinajstić information content (AvgIpc) is 2.99. The third kappa shape index (κ3) is 3.62. The highest BCUT2D eigenvalue weighted by molar-refractivity contribution is 5.74. The molecule has 1 aliphatic heterocycles. The summed E-state index contributed by atoms with van der Waals surface area (Å²) in [6, 6.07) is 0.940. The molecule has 0 spiro atoms. The topological polar surface area (TPSA) is 64.4 Å². The summed E-state index contributed by atoms with van der Waals surface area (Å²) < 4.78 is 6.30. The van der Waals surface area contributed by atoms with Crippen LogP contribution in [-0.2, 0) is 9.53 Å². The maximum atomic E-state index is 12.3. The Morgan fingerprint density at radius 1 is 1.38 bits per heavy atom. The molecule has 6 heteroatoms. The summed E-state index contributed by atoms with van der Waals surface area (Å²) >= 11 is 0. The van der Waals surface area contributed by atoms with Crippen molar-refractivity contribution in [1.82, 2.24) is 9.78 Å². The van der Waals surface area contributed by atoms with Crippen LogP contribution in [0.25, 0.3) is 0 Å². The van der Waals surface area contributed by atoms with Gasteiger partial charge in [0.25, 0.3) is 5.56 Å². The molecule has 0 bridgehead atoms. The molecule has 0 saturated carbocycles. The van der Waals surface area contributed by atoms with E-state index in [0.717, 1.165) is 38.0 Å². The van der Waals surface area contributed by atoms with Gasteiger partial charge in [-0.15, -0.1) is 0 Å². The van der Waals surface area contributed by atoms with Gasteiger partial charge in [0.1, 0.15) is 0 Å². The van der Waals surface area contributed by atoms with Crippen LogP contribution < -0.4 is 10.5 Å². The Morgan fingerprint density at radius 3 is 2.67 bits per heavy atom. The second kappa shape index (κ2) is 7.24. The van der Waals surface area contributed by atoms with E-state index < -0.39 is 6.04 Å². The van der Waals surface area contributed by atoms with E-state index in [0.29, 0.717) is 13.0 Å². The fraction of sp³-hybridized carbons (Fsp3) is 0.667. The van der Waals surface area contributed by atoms with Gasteiger partial charge in [-0.3, -0.25) is 4.79 Å². The Hall–Kier alpha value is -1.85. The predicted molar refractivity (Wildman–Crippen MR) is 80.5 cm³/mol. The minimum atomic E-state index is -0.630. The molecule has 2 heterocycles. The number of aromatic nitrogens is 2. The molecule has 1 saturated heterocycles. The van der Waals surface area contributed by atoms with E-state index >= 15 is 0 Å². The monoisotopic (exact) mass is 293 g/mol. The van der Waals surface area contributed by atoms with E-state index in [-0.39, 0.29) is 11.5 Å². The zero-order chi connectivity index (χ0) is 15.2. The lowest BCUT2D eigenvalue weighted by Gasteiger charge is -2.20. The van der Waals surface area contributed by atoms with Crippen molar-refractivity contribution in [3.63, 3.8) is 0 Å². The van der Waals surface area contributed by atoms with E-state index in [2.05, 4.69) is 10.00 Å². The van der Waals surface area contributed by atoms with Crippen LogP contribution in [0.5, 0.6) is 0 Å². The molecular formula is C15H23N3O3. The summed E-state index contributed by atoms with van der Waals surface area (Å²) in [5.74, 6) is -0.386. The highest BCUT2D eigenvalue weighted by atomic mass is 16.5. The molecule has 1 aromatic heterocycles. The van der Waals surface area contributed by atoms with Gasteiger partial charge in [0, 0.05) is 19.2 Å². The minimum absolute atomic E-state index is 0.245.